The average molecular weight is 344 g/mol. The number of carboxylic acids is 1. The number of Topliss-reactive ketones (excluding diaryl/α,β-unsaturated/α-hetero) is 1. The molecule has 2 saturated carbocycles. The fourth-order valence-corrected chi connectivity index (χ4v) is 4.49. The fourth-order valence-electron chi connectivity index (χ4n) is 4.49. The number of hydrogen-bond acceptors (Lipinski definition) is 7. The average Bonchev–Trinajstić information content (AvgIpc) is 3.01. The van der Waals surface area contributed by atoms with Crippen molar-refractivity contribution < 1.29 is 39.5 Å². The summed E-state index contributed by atoms with van der Waals surface area (Å²) >= 11 is 0. The lowest BCUT2D eigenvalue weighted by atomic mass is 9.71. The second kappa shape index (κ2) is 5.74. The van der Waals surface area contributed by atoms with Gasteiger partial charge in [-0.25, -0.2) is 4.79 Å². The molecule has 0 aromatic rings. The van der Waals surface area contributed by atoms with Crippen molar-refractivity contribution in [2.24, 2.45) is 16.7 Å². The van der Waals surface area contributed by atoms with Crippen LogP contribution in [0.15, 0.2) is 0 Å². The Labute approximate surface area is 139 Å². The Hall–Kier alpha value is -1.06. The smallest absolute Gasteiger partial charge is 0.335 e. The zero-order valence-corrected chi connectivity index (χ0v) is 13.7. The highest BCUT2D eigenvalue weighted by Crippen LogP contribution is 2.60. The summed E-state index contributed by atoms with van der Waals surface area (Å²) in [6, 6.07) is 0. The Kier molecular flexibility index (Phi) is 4.25. The van der Waals surface area contributed by atoms with Crippen LogP contribution in [0.2, 0.25) is 0 Å². The standard InChI is InChI=1S/C16H24O8/c1-15-4-3-7(5-15)16(2,14(15)22)6-23-13-10(19)8(17)9(18)11(24-13)12(20)21/h7-11,13,17-19H,3-6H2,1-2H3,(H,20,21)/t7?,8-,9-,10+,11-,13?,15?,16?/m0/s1. The van der Waals surface area contributed by atoms with E-state index in [0.29, 0.717) is 0 Å². The van der Waals surface area contributed by atoms with Crippen LogP contribution in [0.3, 0.4) is 0 Å². The Bertz CT molecular complexity index is 550. The number of ether oxygens (including phenoxy) is 2. The first kappa shape index (κ1) is 17.8. The molecule has 0 amide bonds. The second-order valence-electron chi connectivity index (χ2n) is 7.79. The van der Waals surface area contributed by atoms with Gasteiger partial charge < -0.3 is 29.9 Å². The van der Waals surface area contributed by atoms with Gasteiger partial charge in [0.2, 0.25) is 0 Å². The molecule has 3 rings (SSSR count). The van der Waals surface area contributed by atoms with Crippen LogP contribution in [-0.2, 0) is 19.1 Å². The quantitative estimate of drug-likeness (QED) is 0.526. The van der Waals surface area contributed by atoms with Crippen molar-refractivity contribution in [3.63, 3.8) is 0 Å². The monoisotopic (exact) mass is 344 g/mol. The molecule has 0 aromatic heterocycles. The van der Waals surface area contributed by atoms with Crippen LogP contribution < -0.4 is 0 Å². The van der Waals surface area contributed by atoms with Crippen LogP contribution in [-0.4, -0.2) is 69.5 Å². The number of carbonyl (C=O) groups is 2. The molecule has 136 valence electrons. The molecule has 8 atom stereocenters. The zero-order chi connectivity index (χ0) is 17.9. The van der Waals surface area contributed by atoms with Gasteiger partial charge in [-0.3, -0.25) is 4.79 Å². The number of rotatable bonds is 4. The van der Waals surface area contributed by atoms with E-state index in [0.717, 1.165) is 19.3 Å². The highest BCUT2D eigenvalue weighted by molar-refractivity contribution is 5.93. The van der Waals surface area contributed by atoms with Crippen molar-refractivity contribution in [2.45, 2.75) is 63.8 Å². The number of ketones is 1. The third-order valence-electron chi connectivity index (χ3n) is 6.07. The fraction of sp³-hybridized carbons (Fsp3) is 0.875. The van der Waals surface area contributed by atoms with E-state index in [2.05, 4.69) is 0 Å². The maximum Gasteiger partial charge on any atom is 0.335 e. The molecule has 4 N–H and O–H groups in total. The van der Waals surface area contributed by atoms with Gasteiger partial charge in [-0.15, -0.1) is 0 Å². The van der Waals surface area contributed by atoms with Crippen molar-refractivity contribution in [2.75, 3.05) is 6.61 Å². The number of hydrogen-bond donors (Lipinski definition) is 4. The summed E-state index contributed by atoms with van der Waals surface area (Å²) in [6.07, 6.45) is -5.57. The van der Waals surface area contributed by atoms with Gasteiger partial charge >= 0.3 is 5.97 Å². The summed E-state index contributed by atoms with van der Waals surface area (Å²) in [5, 5.41) is 38.5. The number of aliphatic carboxylic acids is 1. The predicted octanol–water partition coefficient (Wildman–Crippen LogP) is -0.709. The van der Waals surface area contributed by atoms with Crippen molar-refractivity contribution in [1.29, 1.82) is 0 Å². The molecule has 1 saturated heterocycles. The minimum Gasteiger partial charge on any atom is -0.479 e. The maximum atomic E-state index is 12.7. The first-order valence-electron chi connectivity index (χ1n) is 8.19. The summed E-state index contributed by atoms with van der Waals surface area (Å²) in [6.45, 7) is 3.75. The Balaban J connectivity index is 1.70. The highest BCUT2D eigenvalue weighted by Gasteiger charge is 2.61. The molecule has 8 nitrogen and oxygen atoms in total. The van der Waals surface area contributed by atoms with Crippen LogP contribution in [0.5, 0.6) is 0 Å². The molecule has 8 heteroatoms. The summed E-state index contributed by atoms with van der Waals surface area (Å²) in [7, 11) is 0. The number of carboxylic acid groups (broad SMARTS) is 1. The van der Waals surface area contributed by atoms with Crippen LogP contribution >= 0.6 is 0 Å². The van der Waals surface area contributed by atoms with E-state index in [4.69, 9.17) is 14.6 Å². The van der Waals surface area contributed by atoms with E-state index in [1.807, 2.05) is 13.8 Å². The molecule has 0 aromatic carbocycles. The van der Waals surface area contributed by atoms with Crippen LogP contribution in [0.4, 0.5) is 0 Å². The van der Waals surface area contributed by atoms with Gasteiger partial charge in [0.05, 0.1) is 12.0 Å². The molecule has 1 heterocycles. The maximum absolute atomic E-state index is 12.7. The molecule has 0 spiro atoms. The van der Waals surface area contributed by atoms with Crippen LogP contribution in [0.25, 0.3) is 0 Å². The van der Waals surface area contributed by atoms with E-state index in [9.17, 15) is 24.9 Å². The molecule has 2 aliphatic carbocycles. The van der Waals surface area contributed by atoms with Crippen LogP contribution in [0.1, 0.15) is 33.1 Å². The molecular formula is C16H24O8. The second-order valence-corrected chi connectivity index (χ2v) is 7.79. The largest absolute Gasteiger partial charge is 0.479 e. The molecular weight excluding hydrogens is 320 g/mol. The Morgan fingerprint density at radius 2 is 1.92 bits per heavy atom. The van der Waals surface area contributed by atoms with Gasteiger partial charge in [-0.2, -0.15) is 0 Å². The van der Waals surface area contributed by atoms with Gasteiger partial charge in [0.15, 0.2) is 12.4 Å². The lowest BCUT2D eigenvalue weighted by molar-refractivity contribution is -0.298. The molecule has 0 radical (unpaired) electrons. The molecule has 4 unspecified atom stereocenters. The lowest BCUT2D eigenvalue weighted by Crippen LogP contribution is -2.60. The summed E-state index contributed by atoms with van der Waals surface area (Å²) in [4.78, 5) is 23.8. The Morgan fingerprint density at radius 1 is 1.25 bits per heavy atom. The predicted molar refractivity (Wildman–Crippen MR) is 78.8 cm³/mol. The van der Waals surface area contributed by atoms with Gasteiger partial charge in [-0.1, -0.05) is 13.8 Å². The van der Waals surface area contributed by atoms with Gasteiger partial charge in [-0.05, 0) is 25.2 Å². The number of carbonyl (C=O) groups excluding carboxylic acids is 1. The van der Waals surface area contributed by atoms with Crippen LogP contribution in [0, 0.1) is 16.7 Å². The number of fused-ring (bicyclic) bond motifs is 2. The normalized spacial score (nSPS) is 51.1. The van der Waals surface area contributed by atoms with Crippen molar-refractivity contribution >= 4 is 11.8 Å². The molecule has 24 heavy (non-hydrogen) atoms. The van der Waals surface area contributed by atoms with Crippen molar-refractivity contribution in [3.8, 4) is 0 Å². The van der Waals surface area contributed by atoms with E-state index in [1.165, 1.54) is 0 Å². The number of aliphatic hydroxyl groups excluding tert-OH is 3. The van der Waals surface area contributed by atoms with E-state index >= 15 is 0 Å². The third-order valence-corrected chi connectivity index (χ3v) is 6.07. The van der Waals surface area contributed by atoms with Gasteiger partial charge in [0, 0.05) is 5.41 Å². The molecule has 2 bridgehead atoms. The summed E-state index contributed by atoms with van der Waals surface area (Å²) in [5.41, 5.74) is -1.05. The SMILES string of the molecule is CC12CCC(C1)C(C)(COC1O[C@H](C(=O)O)[C@@H](O)[C@H](O)[C@H]1O)C2=O. The third kappa shape index (κ3) is 2.48. The first-order chi connectivity index (χ1) is 11.1. The summed E-state index contributed by atoms with van der Waals surface area (Å²) in [5.74, 6) is -1.16. The van der Waals surface area contributed by atoms with Crippen molar-refractivity contribution in [1.82, 2.24) is 0 Å². The first-order valence-corrected chi connectivity index (χ1v) is 8.19. The molecule has 1 aliphatic heterocycles. The summed E-state index contributed by atoms with van der Waals surface area (Å²) < 4.78 is 10.6. The number of aliphatic hydroxyl groups is 3. The van der Waals surface area contributed by atoms with Crippen molar-refractivity contribution in [3.05, 3.63) is 0 Å². The Morgan fingerprint density at radius 3 is 2.46 bits per heavy atom. The zero-order valence-electron chi connectivity index (χ0n) is 13.7. The van der Waals surface area contributed by atoms with Gasteiger partial charge in [0.25, 0.3) is 0 Å². The minimum absolute atomic E-state index is 0.0248. The minimum atomic E-state index is -1.75. The lowest BCUT2D eigenvalue weighted by Gasteiger charge is -2.41. The molecule has 3 fully saturated rings. The van der Waals surface area contributed by atoms with Gasteiger partial charge in [0.1, 0.15) is 24.1 Å². The van der Waals surface area contributed by atoms with E-state index < -0.39 is 42.1 Å². The van der Waals surface area contributed by atoms with E-state index in [1.54, 1.807) is 0 Å². The molecule has 3 aliphatic rings. The topological polar surface area (TPSA) is 134 Å². The highest BCUT2D eigenvalue weighted by atomic mass is 16.7. The van der Waals surface area contributed by atoms with E-state index in [-0.39, 0.29) is 23.7 Å².